The predicted octanol–water partition coefficient (Wildman–Crippen LogP) is 4.26. The van der Waals surface area contributed by atoms with Gasteiger partial charge in [-0.3, -0.25) is 0 Å². The van der Waals surface area contributed by atoms with Gasteiger partial charge in [0.1, 0.15) is 5.02 Å². The molecule has 0 aliphatic carbocycles. The van der Waals surface area contributed by atoms with Crippen molar-refractivity contribution in [2.24, 2.45) is 0 Å². The van der Waals surface area contributed by atoms with E-state index >= 15 is 0 Å². The van der Waals surface area contributed by atoms with Crippen LogP contribution < -0.4 is 0 Å². The molecule has 0 atom stereocenters. The van der Waals surface area contributed by atoms with Crippen molar-refractivity contribution in [1.82, 2.24) is 14.7 Å². The number of hydrogen-bond donors (Lipinski definition) is 0. The van der Waals surface area contributed by atoms with E-state index in [4.69, 9.17) is 23.2 Å². The number of hydrogen-bond acceptors (Lipinski definition) is 4. The van der Waals surface area contributed by atoms with E-state index in [2.05, 4.69) is 5.10 Å². The molecule has 0 aliphatic rings. The first kappa shape index (κ1) is 20.7. The number of aromatic nitrogens is 2. The zero-order chi connectivity index (χ0) is 19.8. The molecule has 2 aromatic rings. The SMILES string of the molecule is CCN(CC)C(=O)n1nc(S(=O)(=O)c2c(C)cc(C)cc2C)c(Cl)c1Cl. The average molecular weight is 418 g/mol. The van der Waals surface area contributed by atoms with Gasteiger partial charge in [-0.05, 0) is 45.7 Å². The first-order valence-corrected chi connectivity index (χ1v) is 10.4. The Balaban J connectivity index is 2.67. The molecule has 1 amide bonds. The Kier molecular flexibility index (Phi) is 6.05. The summed E-state index contributed by atoms with van der Waals surface area (Å²) in [5.41, 5.74) is 2.11. The van der Waals surface area contributed by atoms with Crippen molar-refractivity contribution in [1.29, 1.82) is 0 Å². The largest absolute Gasteiger partial charge is 0.346 e. The molecule has 0 N–H and O–H groups in total. The van der Waals surface area contributed by atoms with E-state index in [0.717, 1.165) is 10.2 Å². The van der Waals surface area contributed by atoms with Crippen LogP contribution in [0.4, 0.5) is 4.79 Å². The number of nitrogens with zero attached hydrogens (tertiary/aromatic N) is 3. The van der Waals surface area contributed by atoms with Crippen LogP contribution in [0.5, 0.6) is 0 Å². The van der Waals surface area contributed by atoms with Gasteiger partial charge in [-0.25, -0.2) is 13.2 Å². The lowest BCUT2D eigenvalue weighted by Crippen LogP contribution is -2.35. The third-order valence-electron chi connectivity index (χ3n) is 4.09. The molecule has 0 bridgehead atoms. The lowest BCUT2D eigenvalue weighted by atomic mass is 10.1. The van der Waals surface area contributed by atoms with Gasteiger partial charge in [0, 0.05) is 13.1 Å². The Morgan fingerprint density at radius 2 is 1.62 bits per heavy atom. The van der Waals surface area contributed by atoms with E-state index in [9.17, 15) is 13.2 Å². The smallest absolute Gasteiger partial charge is 0.323 e. The highest BCUT2D eigenvalue weighted by molar-refractivity contribution is 7.91. The van der Waals surface area contributed by atoms with Gasteiger partial charge in [0.2, 0.25) is 14.9 Å². The van der Waals surface area contributed by atoms with E-state index in [1.807, 2.05) is 6.92 Å². The summed E-state index contributed by atoms with van der Waals surface area (Å²) < 4.78 is 27.2. The number of aryl methyl sites for hydroxylation is 3. The Hall–Kier alpha value is -1.57. The molecule has 0 radical (unpaired) electrons. The Morgan fingerprint density at radius 3 is 2.08 bits per heavy atom. The fourth-order valence-corrected chi connectivity index (χ4v) is 5.33. The van der Waals surface area contributed by atoms with E-state index in [1.54, 1.807) is 39.8 Å². The molecule has 0 aliphatic heterocycles. The Labute approximate surface area is 163 Å². The summed E-state index contributed by atoms with van der Waals surface area (Å²) in [6.07, 6.45) is 0. The molecule has 0 saturated heterocycles. The van der Waals surface area contributed by atoms with Crippen molar-refractivity contribution in [2.75, 3.05) is 13.1 Å². The van der Waals surface area contributed by atoms with Crippen LogP contribution in [0.1, 0.15) is 30.5 Å². The highest BCUT2D eigenvalue weighted by Crippen LogP contribution is 2.35. The molecule has 0 saturated carbocycles. The number of carbonyl (C=O) groups excluding carboxylic acids is 1. The topological polar surface area (TPSA) is 72.3 Å². The zero-order valence-electron chi connectivity index (χ0n) is 15.3. The maximum absolute atomic E-state index is 13.2. The number of halogens is 2. The van der Waals surface area contributed by atoms with E-state index in [0.29, 0.717) is 24.2 Å². The fraction of sp³-hybridized carbons (Fsp3) is 0.412. The standard InChI is InChI=1S/C17H21Cl2N3O3S/c1-6-21(7-2)17(23)22-15(19)13(18)16(20-22)26(24,25)14-11(4)8-10(3)9-12(14)5/h8-9H,6-7H2,1-5H3. The predicted molar refractivity (Wildman–Crippen MR) is 102 cm³/mol. The molecule has 9 heteroatoms. The van der Waals surface area contributed by atoms with Gasteiger partial charge < -0.3 is 4.90 Å². The van der Waals surface area contributed by atoms with Crippen molar-refractivity contribution >= 4 is 39.1 Å². The number of sulfone groups is 1. The first-order valence-electron chi connectivity index (χ1n) is 8.12. The summed E-state index contributed by atoms with van der Waals surface area (Å²) >= 11 is 12.3. The lowest BCUT2D eigenvalue weighted by molar-refractivity contribution is 0.201. The molecular weight excluding hydrogens is 397 g/mol. The van der Waals surface area contributed by atoms with Crippen molar-refractivity contribution in [3.8, 4) is 0 Å². The first-order chi connectivity index (χ1) is 12.1. The molecule has 1 heterocycles. The molecule has 1 aromatic heterocycles. The Bertz CT molecular complexity index is 941. The van der Waals surface area contributed by atoms with Gasteiger partial charge in [0.15, 0.2) is 5.15 Å². The third-order valence-corrected chi connectivity index (χ3v) is 6.98. The molecule has 6 nitrogen and oxygen atoms in total. The summed E-state index contributed by atoms with van der Waals surface area (Å²) in [6, 6.07) is 3.02. The van der Waals surface area contributed by atoms with Gasteiger partial charge in [-0.2, -0.15) is 4.68 Å². The molecule has 142 valence electrons. The van der Waals surface area contributed by atoms with Crippen LogP contribution in [0.25, 0.3) is 0 Å². The Morgan fingerprint density at radius 1 is 1.12 bits per heavy atom. The highest BCUT2D eigenvalue weighted by atomic mass is 35.5. The minimum absolute atomic E-state index is 0.126. The molecule has 1 aromatic carbocycles. The van der Waals surface area contributed by atoms with E-state index < -0.39 is 20.9 Å². The molecule has 0 fully saturated rings. The molecule has 26 heavy (non-hydrogen) atoms. The monoisotopic (exact) mass is 417 g/mol. The van der Waals surface area contributed by atoms with Gasteiger partial charge >= 0.3 is 6.03 Å². The lowest BCUT2D eigenvalue weighted by Gasteiger charge is -2.18. The van der Waals surface area contributed by atoms with Crippen molar-refractivity contribution in [3.63, 3.8) is 0 Å². The molecule has 0 unspecified atom stereocenters. The summed E-state index contributed by atoms with van der Waals surface area (Å²) in [7, 11) is -4.04. The second kappa shape index (κ2) is 7.58. The molecular formula is C17H21Cl2N3O3S. The van der Waals surface area contributed by atoms with Gasteiger partial charge in [-0.1, -0.05) is 40.9 Å². The van der Waals surface area contributed by atoms with Gasteiger partial charge in [-0.15, -0.1) is 5.10 Å². The molecule has 0 spiro atoms. The van der Waals surface area contributed by atoms with Crippen LogP contribution in [0.3, 0.4) is 0 Å². The summed E-state index contributed by atoms with van der Waals surface area (Å²) in [6.45, 7) is 9.77. The third kappa shape index (κ3) is 3.48. The van der Waals surface area contributed by atoms with Crippen LogP contribution in [0.15, 0.2) is 22.1 Å². The number of rotatable bonds is 4. The van der Waals surface area contributed by atoms with Crippen molar-refractivity contribution < 1.29 is 13.2 Å². The number of carbonyl (C=O) groups is 1. The van der Waals surface area contributed by atoms with E-state index in [-0.39, 0.29) is 15.1 Å². The zero-order valence-corrected chi connectivity index (χ0v) is 17.6. The van der Waals surface area contributed by atoms with Gasteiger partial charge in [0.05, 0.1) is 4.90 Å². The minimum Gasteiger partial charge on any atom is -0.323 e. The summed E-state index contributed by atoms with van der Waals surface area (Å²) in [5.74, 6) is 0. The quantitative estimate of drug-likeness (QED) is 0.744. The van der Waals surface area contributed by atoms with Crippen LogP contribution >= 0.6 is 23.2 Å². The maximum Gasteiger partial charge on any atom is 0.346 e. The summed E-state index contributed by atoms with van der Waals surface area (Å²) in [4.78, 5) is 14.1. The van der Waals surface area contributed by atoms with Crippen LogP contribution in [0.2, 0.25) is 10.2 Å². The van der Waals surface area contributed by atoms with Crippen LogP contribution in [-0.4, -0.2) is 42.2 Å². The van der Waals surface area contributed by atoms with Crippen LogP contribution in [-0.2, 0) is 9.84 Å². The average Bonchev–Trinajstić information content (AvgIpc) is 2.83. The number of benzene rings is 1. The minimum atomic E-state index is -4.04. The maximum atomic E-state index is 13.2. The molecule has 2 rings (SSSR count). The normalized spacial score (nSPS) is 11.7. The number of amides is 1. The van der Waals surface area contributed by atoms with Gasteiger partial charge in [0.25, 0.3) is 0 Å². The van der Waals surface area contributed by atoms with E-state index in [1.165, 1.54) is 4.90 Å². The summed E-state index contributed by atoms with van der Waals surface area (Å²) in [5, 5.41) is 3.06. The van der Waals surface area contributed by atoms with Crippen molar-refractivity contribution in [2.45, 2.75) is 44.5 Å². The fourth-order valence-electron chi connectivity index (χ4n) is 2.97. The van der Waals surface area contributed by atoms with Crippen molar-refractivity contribution in [3.05, 3.63) is 39.0 Å². The second-order valence-corrected chi connectivity index (χ2v) is 8.55. The highest BCUT2D eigenvalue weighted by Gasteiger charge is 2.32. The second-order valence-electron chi connectivity index (χ2n) is 6.01. The van der Waals surface area contributed by atoms with Crippen LogP contribution in [0, 0.1) is 20.8 Å².